The SMILES string of the molecule is CCSNC1CCN(c2ccc(NC)cc2C(F)(F)F)CC1. The summed E-state index contributed by atoms with van der Waals surface area (Å²) in [6.45, 7) is 3.36. The fourth-order valence-electron chi connectivity index (χ4n) is 2.63. The molecule has 0 radical (unpaired) electrons. The Morgan fingerprint density at radius 1 is 1.27 bits per heavy atom. The Labute approximate surface area is 133 Å². The summed E-state index contributed by atoms with van der Waals surface area (Å²) in [5.41, 5.74) is 0.203. The van der Waals surface area contributed by atoms with Crippen LogP contribution in [0.1, 0.15) is 25.3 Å². The number of alkyl halides is 3. The van der Waals surface area contributed by atoms with Crippen molar-refractivity contribution in [1.29, 1.82) is 0 Å². The summed E-state index contributed by atoms with van der Waals surface area (Å²) in [6, 6.07) is 4.84. The van der Waals surface area contributed by atoms with E-state index in [-0.39, 0.29) is 5.69 Å². The summed E-state index contributed by atoms with van der Waals surface area (Å²) in [6.07, 6.45) is -2.62. The van der Waals surface area contributed by atoms with Crippen LogP contribution in [-0.2, 0) is 6.18 Å². The summed E-state index contributed by atoms with van der Waals surface area (Å²) < 4.78 is 43.2. The van der Waals surface area contributed by atoms with Crippen LogP contribution in [0.25, 0.3) is 0 Å². The first-order valence-electron chi connectivity index (χ1n) is 7.47. The van der Waals surface area contributed by atoms with Crippen LogP contribution in [0.2, 0.25) is 0 Å². The third kappa shape index (κ3) is 4.23. The highest BCUT2D eigenvalue weighted by atomic mass is 32.2. The zero-order valence-corrected chi connectivity index (χ0v) is 13.7. The van der Waals surface area contributed by atoms with Crippen LogP contribution in [0.3, 0.4) is 0 Å². The molecule has 22 heavy (non-hydrogen) atoms. The first-order valence-corrected chi connectivity index (χ1v) is 8.45. The van der Waals surface area contributed by atoms with Gasteiger partial charge in [-0.25, -0.2) is 0 Å². The second-order valence-corrected chi connectivity index (χ2v) is 6.39. The molecule has 1 aliphatic rings. The average Bonchev–Trinajstić information content (AvgIpc) is 2.52. The molecule has 3 nitrogen and oxygen atoms in total. The lowest BCUT2D eigenvalue weighted by Gasteiger charge is -2.35. The van der Waals surface area contributed by atoms with Gasteiger partial charge in [-0.05, 0) is 31.0 Å². The number of hydrogen-bond acceptors (Lipinski definition) is 4. The monoisotopic (exact) mass is 333 g/mol. The van der Waals surface area contributed by atoms with Crippen molar-refractivity contribution in [3.63, 3.8) is 0 Å². The average molecular weight is 333 g/mol. The third-order valence-corrected chi connectivity index (χ3v) is 4.61. The number of rotatable bonds is 5. The van der Waals surface area contributed by atoms with Crippen LogP contribution < -0.4 is 14.9 Å². The van der Waals surface area contributed by atoms with E-state index in [4.69, 9.17) is 0 Å². The predicted molar refractivity (Wildman–Crippen MR) is 87.5 cm³/mol. The Hall–Kier alpha value is -1.08. The Kier molecular flexibility index (Phi) is 5.86. The van der Waals surface area contributed by atoms with E-state index in [0.717, 1.165) is 18.6 Å². The van der Waals surface area contributed by atoms with Gasteiger partial charge in [0.1, 0.15) is 0 Å². The van der Waals surface area contributed by atoms with Gasteiger partial charge in [-0.3, -0.25) is 4.72 Å². The van der Waals surface area contributed by atoms with E-state index in [9.17, 15) is 13.2 Å². The van der Waals surface area contributed by atoms with Crippen molar-refractivity contribution < 1.29 is 13.2 Å². The van der Waals surface area contributed by atoms with Crippen LogP contribution in [0.15, 0.2) is 18.2 Å². The molecular weight excluding hydrogens is 311 g/mol. The highest BCUT2D eigenvalue weighted by molar-refractivity contribution is 7.97. The van der Waals surface area contributed by atoms with Crippen molar-refractivity contribution in [3.05, 3.63) is 23.8 Å². The van der Waals surface area contributed by atoms with Gasteiger partial charge in [-0.2, -0.15) is 13.2 Å². The molecule has 1 aromatic rings. The van der Waals surface area contributed by atoms with Gasteiger partial charge in [0.25, 0.3) is 0 Å². The summed E-state index contributed by atoms with van der Waals surface area (Å²) in [5.74, 6) is 0.990. The van der Waals surface area contributed by atoms with E-state index in [1.54, 1.807) is 31.1 Å². The van der Waals surface area contributed by atoms with Crippen molar-refractivity contribution in [2.24, 2.45) is 0 Å². The highest BCUT2D eigenvalue weighted by Crippen LogP contribution is 2.39. The topological polar surface area (TPSA) is 27.3 Å². The summed E-state index contributed by atoms with van der Waals surface area (Å²) in [7, 11) is 1.62. The lowest BCUT2D eigenvalue weighted by molar-refractivity contribution is -0.137. The summed E-state index contributed by atoms with van der Waals surface area (Å²) >= 11 is 1.67. The lowest BCUT2D eigenvalue weighted by atomic mass is 10.0. The minimum Gasteiger partial charge on any atom is -0.388 e. The molecular formula is C15H22F3N3S. The van der Waals surface area contributed by atoms with Crippen molar-refractivity contribution in [2.75, 3.05) is 36.1 Å². The molecule has 0 aliphatic carbocycles. The van der Waals surface area contributed by atoms with Crippen molar-refractivity contribution in [1.82, 2.24) is 4.72 Å². The first-order chi connectivity index (χ1) is 10.5. The maximum absolute atomic E-state index is 13.3. The largest absolute Gasteiger partial charge is 0.418 e. The molecule has 0 atom stereocenters. The van der Waals surface area contributed by atoms with E-state index in [1.807, 2.05) is 4.90 Å². The third-order valence-electron chi connectivity index (χ3n) is 3.82. The van der Waals surface area contributed by atoms with Crippen LogP contribution in [-0.4, -0.2) is 31.9 Å². The smallest absolute Gasteiger partial charge is 0.388 e. The number of nitrogens with one attached hydrogen (secondary N) is 2. The van der Waals surface area contributed by atoms with E-state index >= 15 is 0 Å². The molecule has 1 aliphatic heterocycles. The molecule has 7 heteroatoms. The maximum atomic E-state index is 13.3. The quantitative estimate of drug-likeness (QED) is 0.797. The molecule has 0 unspecified atom stereocenters. The summed E-state index contributed by atoms with van der Waals surface area (Å²) in [5, 5.41) is 2.77. The van der Waals surface area contributed by atoms with E-state index in [1.165, 1.54) is 6.07 Å². The van der Waals surface area contributed by atoms with Crippen molar-refractivity contribution in [2.45, 2.75) is 32.0 Å². The fourth-order valence-corrected chi connectivity index (χ4v) is 3.27. The summed E-state index contributed by atoms with van der Waals surface area (Å²) in [4.78, 5) is 1.84. The molecule has 1 fully saturated rings. The Bertz CT molecular complexity index is 485. The number of benzene rings is 1. The van der Waals surface area contributed by atoms with Gasteiger partial charge in [-0.15, -0.1) is 0 Å². The zero-order valence-electron chi connectivity index (χ0n) is 12.8. The Morgan fingerprint density at radius 2 is 1.95 bits per heavy atom. The van der Waals surface area contributed by atoms with Crippen LogP contribution in [0.5, 0.6) is 0 Å². The molecule has 0 aromatic heterocycles. The second kappa shape index (κ2) is 7.46. The molecule has 1 aromatic carbocycles. The minimum atomic E-state index is -4.34. The first kappa shape index (κ1) is 17.3. The van der Waals surface area contributed by atoms with Crippen molar-refractivity contribution >= 4 is 23.3 Å². The second-order valence-electron chi connectivity index (χ2n) is 5.29. The Balaban J connectivity index is 2.13. The van der Waals surface area contributed by atoms with Gasteiger partial charge in [0.15, 0.2) is 0 Å². The number of hydrogen-bond donors (Lipinski definition) is 2. The molecule has 0 amide bonds. The van der Waals surface area contributed by atoms with Crippen molar-refractivity contribution in [3.8, 4) is 0 Å². The predicted octanol–water partition coefficient (Wildman–Crippen LogP) is 3.97. The molecule has 124 valence electrons. The molecule has 0 saturated carbocycles. The number of halogens is 3. The number of nitrogens with zero attached hydrogens (tertiary/aromatic N) is 1. The molecule has 0 spiro atoms. The van der Waals surface area contributed by atoms with Gasteiger partial charge in [0.2, 0.25) is 0 Å². The maximum Gasteiger partial charge on any atom is 0.418 e. The Morgan fingerprint density at radius 3 is 2.50 bits per heavy atom. The zero-order chi connectivity index (χ0) is 16.2. The lowest BCUT2D eigenvalue weighted by Crippen LogP contribution is -2.41. The van der Waals surface area contributed by atoms with Gasteiger partial charge in [-0.1, -0.05) is 18.9 Å². The van der Waals surface area contributed by atoms with Gasteiger partial charge < -0.3 is 10.2 Å². The molecule has 1 saturated heterocycles. The van der Waals surface area contributed by atoms with Gasteiger partial charge in [0.05, 0.1) is 5.56 Å². The normalized spacial score (nSPS) is 16.9. The van der Waals surface area contributed by atoms with E-state index in [0.29, 0.717) is 24.8 Å². The highest BCUT2D eigenvalue weighted by Gasteiger charge is 2.36. The van der Waals surface area contributed by atoms with E-state index < -0.39 is 11.7 Å². The molecule has 2 N–H and O–H groups in total. The van der Waals surface area contributed by atoms with Crippen LogP contribution >= 0.6 is 11.9 Å². The molecule has 1 heterocycles. The van der Waals surface area contributed by atoms with Crippen LogP contribution in [0, 0.1) is 0 Å². The molecule has 0 bridgehead atoms. The number of piperidine rings is 1. The van der Waals surface area contributed by atoms with Crippen LogP contribution in [0.4, 0.5) is 24.5 Å². The minimum absolute atomic E-state index is 0.285. The standard InChI is InChI=1S/C15H22F3N3S/c1-3-22-20-11-6-8-21(9-7-11)14-5-4-12(19-2)10-13(14)15(16,17)18/h4-5,10-11,19-20H,3,6-9H2,1-2H3. The van der Waals surface area contributed by atoms with Gasteiger partial charge >= 0.3 is 6.18 Å². The fraction of sp³-hybridized carbons (Fsp3) is 0.600. The van der Waals surface area contributed by atoms with E-state index in [2.05, 4.69) is 17.0 Å². The van der Waals surface area contributed by atoms with Gasteiger partial charge in [0, 0.05) is 43.3 Å². The number of anilines is 2. The molecule has 2 rings (SSSR count).